The van der Waals surface area contributed by atoms with Crippen molar-refractivity contribution in [3.63, 3.8) is 0 Å². The zero-order valence-electron chi connectivity index (χ0n) is 17.1. The van der Waals surface area contributed by atoms with Crippen molar-refractivity contribution in [2.24, 2.45) is 0 Å². The number of rotatable bonds is 9. The van der Waals surface area contributed by atoms with Crippen molar-refractivity contribution < 1.29 is 28.2 Å². The van der Waals surface area contributed by atoms with Gasteiger partial charge in [0.05, 0.1) is 14.2 Å². The van der Waals surface area contributed by atoms with Crippen molar-refractivity contribution >= 4 is 17.8 Å². The summed E-state index contributed by atoms with van der Waals surface area (Å²) < 4.78 is 23.4. The molecule has 2 amide bonds. The fraction of sp³-hybridized carbons (Fsp3) is 0.318. The molecule has 0 spiro atoms. The first-order valence-electron chi connectivity index (χ1n) is 9.35. The average molecular weight is 416 g/mol. The van der Waals surface area contributed by atoms with Gasteiger partial charge in [-0.2, -0.15) is 0 Å². The molecular weight excluding hydrogens is 391 g/mol. The first-order chi connectivity index (χ1) is 14.3. The molecule has 2 rings (SSSR count). The maximum atomic E-state index is 13.5. The largest absolute Gasteiger partial charge is 0.497 e. The second-order valence-corrected chi connectivity index (χ2v) is 6.72. The lowest BCUT2D eigenvalue weighted by molar-refractivity contribution is -0.145. The van der Waals surface area contributed by atoms with Crippen molar-refractivity contribution in [2.45, 2.75) is 31.8 Å². The molecule has 0 fully saturated rings. The molecule has 2 atom stereocenters. The van der Waals surface area contributed by atoms with Gasteiger partial charge in [-0.25, -0.2) is 9.18 Å². The van der Waals surface area contributed by atoms with E-state index in [9.17, 15) is 18.8 Å². The van der Waals surface area contributed by atoms with Crippen LogP contribution < -0.4 is 15.4 Å². The fourth-order valence-corrected chi connectivity index (χ4v) is 2.96. The Bertz CT molecular complexity index is 885. The highest BCUT2D eigenvalue weighted by atomic mass is 19.1. The summed E-state index contributed by atoms with van der Waals surface area (Å²) in [4.78, 5) is 36.6. The highest BCUT2D eigenvalue weighted by Crippen LogP contribution is 2.14. The molecule has 160 valence electrons. The van der Waals surface area contributed by atoms with Crippen LogP contribution in [0.5, 0.6) is 5.75 Å². The van der Waals surface area contributed by atoms with Crippen molar-refractivity contribution in [2.75, 3.05) is 14.2 Å². The SMILES string of the molecule is COC(=O)[C@@H](Cc1ccc(OC)cc1)NC(=O)[C@H](Cc1cccc(F)c1)NC(C)=O. The minimum absolute atomic E-state index is 0.0690. The molecule has 0 aliphatic carbocycles. The van der Waals surface area contributed by atoms with Crippen LogP contribution in [0.1, 0.15) is 18.1 Å². The van der Waals surface area contributed by atoms with Gasteiger partial charge in [-0.15, -0.1) is 0 Å². The zero-order valence-corrected chi connectivity index (χ0v) is 17.1. The van der Waals surface area contributed by atoms with E-state index in [1.165, 1.54) is 32.2 Å². The summed E-state index contributed by atoms with van der Waals surface area (Å²) in [5.74, 6) is -1.39. The van der Waals surface area contributed by atoms with Gasteiger partial charge in [-0.1, -0.05) is 24.3 Å². The van der Waals surface area contributed by atoms with Gasteiger partial charge in [0, 0.05) is 19.8 Å². The van der Waals surface area contributed by atoms with E-state index in [2.05, 4.69) is 10.6 Å². The number of carbonyl (C=O) groups is 3. The Hall–Kier alpha value is -3.42. The third-order valence-electron chi connectivity index (χ3n) is 4.42. The van der Waals surface area contributed by atoms with Gasteiger partial charge >= 0.3 is 5.97 Å². The Morgan fingerprint density at radius 3 is 2.17 bits per heavy atom. The van der Waals surface area contributed by atoms with Gasteiger partial charge in [0.15, 0.2) is 0 Å². The number of benzene rings is 2. The molecule has 0 aromatic heterocycles. The molecule has 30 heavy (non-hydrogen) atoms. The van der Waals surface area contributed by atoms with Crippen molar-refractivity contribution in [3.05, 3.63) is 65.5 Å². The third kappa shape index (κ3) is 6.88. The zero-order chi connectivity index (χ0) is 22.1. The number of methoxy groups -OCH3 is 2. The van der Waals surface area contributed by atoms with Crippen LogP contribution in [0.15, 0.2) is 48.5 Å². The Morgan fingerprint density at radius 1 is 0.933 bits per heavy atom. The van der Waals surface area contributed by atoms with Gasteiger partial charge in [0.2, 0.25) is 11.8 Å². The van der Waals surface area contributed by atoms with E-state index in [0.717, 1.165) is 5.56 Å². The summed E-state index contributed by atoms with van der Waals surface area (Å²) >= 11 is 0. The Balaban J connectivity index is 2.16. The minimum atomic E-state index is -0.979. The molecule has 2 aromatic carbocycles. The molecule has 7 nitrogen and oxygen atoms in total. The third-order valence-corrected chi connectivity index (χ3v) is 4.42. The van der Waals surface area contributed by atoms with Crippen LogP contribution in [-0.2, 0) is 32.0 Å². The number of ether oxygens (including phenoxy) is 2. The van der Waals surface area contributed by atoms with E-state index in [4.69, 9.17) is 9.47 Å². The maximum Gasteiger partial charge on any atom is 0.328 e. The topological polar surface area (TPSA) is 93.7 Å². The standard InChI is InChI=1S/C22H25FN2O5/c1-14(26)24-19(13-16-5-4-6-17(23)11-16)21(27)25-20(22(28)30-3)12-15-7-9-18(29-2)10-8-15/h4-11,19-20H,12-13H2,1-3H3,(H,24,26)(H,25,27)/t19-,20+/m0/s1. The monoisotopic (exact) mass is 416 g/mol. The number of halogens is 1. The maximum absolute atomic E-state index is 13.5. The normalized spacial score (nSPS) is 12.4. The van der Waals surface area contributed by atoms with E-state index in [0.29, 0.717) is 11.3 Å². The highest BCUT2D eigenvalue weighted by Gasteiger charge is 2.27. The summed E-state index contributed by atoms with van der Waals surface area (Å²) in [7, 11) is 2.78. The Kier molecular flexibility index (Phi) is 8.34. The first-order valence-corrected chi connectivity index (χ1v) is 9.35. The lowest BCUT2D eigenvalue weighted by Crippen LogP contribution is -2.53. The predicted molar refractivity (Wildman–Crippen MR) is 108 cm³/mol. The van der Waals surface area contributed by atoms with Gasteiger partial charge in [-0.05, 0) is 35.4 Å². The molecule has 8 heteroatoms. The summed E-state index contributed by atoms with van der Waals surface area (Å²) in [6.07, 6.45) is 0.259. The molecule has 0 saturated heterocycles. The highest BCUT2D eigenvalue weighted by molar-refractivity contribution is 5.90. The van der Waals surface area contributed by atoms with E-state index in [1.807, 2.05) is 0 Å². The van der Waals surface area contributed by atoms with Crippen LogP contribution in [0.3, 0.4) is 0 Å². The molecule has 2 aromatic rings. The fourth-order valence-electron chi connectivity index (χ4n) is 2.96. The average Bonchev–Trinajstić information content (AvgIpc) is 2.72. The van der Waals surface area contributed by atoms with Gasteiger partial charge in [0.25, 0.3) is 0 Å². The molecule has 0 radical (unpaired) electrons. The summed E-state index contributed by atoms with van der Waals surface area (Å²) in [6, 6.07) is 10.9. The molecule has 0 aliphatic rings. The smallest absolute Gasteiger partial charge is 0.328 e. The number of hydrogen-bond acceptors (Lipinski definition) is 5. The van der Waals surface area contributed by atoms with Crippen LogP contribution >= 0.6 is 0 Å². The second kappa shape index (κ2) is 10.9. The van der Waals surface area contributed by atoms with Gasteiger partial charge in [-0.3, -0.25) is 9.59 Å². The molecule has 0 saturated carbocycles. The number of amides is 2. The lowest BCUT2D eigenvalue weighted by atomic mass is 10.0. The summed E-state index contributed by atoms with van der Waals surface area (Å²) in [5, 5.41) is 5.18. The van der Waals surface area contributed by atoms with Crippen LogP contribution in [0.4, 0.5) is 4.39 Å². The molecule has 0 unspecified atom stereocenters. The number of nitrogens with one attached hydrogen (secondary N) is 2. The Labute approximate surface area is 174 Å². The van der Waals surface area contributed by atoms with Gasteiger partial charge in [0.1, 0.15) is 23.7 Å². The van der Waals surface area contributed by atoms with Crippen molar-refractivity contribution in [1.29, 1.82) is 0 Å². The van der Waals surface area contributed by atoms with Crippen LogP contribution in [0, 0.1) is 5.82 Å². The number of carbonyl (C=O) groups excluding carboxylic acids is 3. The van der Waals surface area contributed by atoms with E-state index in [1.54, 1.807) is 37.4 Å². The van der Waals surface area contributed by atoms with E-state index < -0.39 is 35.7 Å². The van der Waals surface area contributed by atoms with E-state index in [-0.39, 0.29) is 12.8 Å². The predicted octanol–water partition coefficient (Wildman–Crippen LogP) is 1.78. The number of esters is 1. The van der Waals surface area contributed by atoms with Crippen LogP contribution in [0.2, 0.25) is 0 Å². The second-order valence-electron chi connectivity index (χ2n) is 6.72. The quantitative estimate of drug-likeness (QED) is 0.608. The summed E-state index contributed by atoms with van der Waals surface area (Å²) in [6.45, 7) is 1.28. The van der Waals surface area contributed by atoms with Crippen LogP contribution in [-0.4, -0.2) is 44.1 Å². The molecule has 0 heterocycles. The van der Waals surface area contributed by atoms with Crippen molar-refractivity contribution in [1.82, 2.24) is 10.6 Å². The van der Waals surface area contributed by atoms with Gasteiger partial charge < -0.3 is 20.1 Å². The number of hydrogen-bond donors (Lipinski definition) is 2. The minimum Gasteiger partial charge on any atom is -0.497 e. The summed E-state index contributed by atoms with van der Waals surface area (Å²) in [5.41, 5.74) is 1.32. The van der Waals surface area contributed by atoms with Crippen LogP contribution in [0.25, 0.3) is 0 Å². The first kappa shape index (κ1) is 22.9. The lowest BCUT2D eigenvalue weighted by Gasteiger charge is -2.22. The molecule has 0 bridgehead atoms. The molecule has 2 N–H and O–H groups in total. The Morgan fingerprint density at radius 2 is 1.60 bits per heavy atom. The molecular formula is C22H25FN2O5. The van der Waals surface area contributed by atoms with Crippen molar-refractivity contribution in [3.8, 4) is 5.75 Å². The molecule has 0 aliphatic heterocycles. The van der Waals surface area contributed by atoms with E-state index >= 15 is 0 Å².